The molecular formula is C34H36ClN5O2. The first-order valence-electron chi connectivity index (χ1n) is 15.7. The van der Waals surface area contributed by atoms with E-state index >= 15 is 0 Å². The Bertz CT molecular complexity index is 1650. The van der Waals surface area contributed by atoms with Gasteiger partial charge in [-0.15, -0.1) is 0 Å². The van der Waals surface area contributed by atoms with Gasteiger partial charge < -0.3 is 14.5 Å². The minimum atomic E-state index is 0.0108. The highest BCUT2D eigenvalue weighted by molar-refractivity contribution is 6.34. The van der Waals surface area contributed by atoms with E-state index in [4.69, 9.17) is 26.3 Å². The molecule has 0 spiro atoms. The smallest absolute Gasteiger partial charge is 0.319 e. The van der Waals surface area contributed by atoms with Crippen LogP contribution in [0.1, 0.15) is 55.6 Å². The first-order valence-corrected chi connectivity index (χ1v) is 16.1. The number of amides is 1. The highest BCUT2D eigenvalue weighted by Crippen LogP contribution is 2.59. The Morgan fingerprint density at radius 1 is 1.12 bits per heavy atom. The monoisotopic (exact) mass is 581 g/mol. The molecule has 4 saturated heterocycles. The van der Waals surface area contributed by atoms with Crippen LogP contribution in [0.3, 0.4) is 0 Å². The number of carbonyl (C=O) groups excluding carboxylic acids is 1. The molecular weight excluding hydrogens is 546 g/mol. The molecule has 2 aromatic carbocycles. The van der Waals surface area contributed by atoms with Crippen LogP contribution in [-0.2, 0) is 11.2 Å². The van der Waals surface area contributed by atoms with E-state index in [9.17, 15) is 4.79 Å². The van der Waals surface area contributed by atoms with Crippen LogP contribution in [-0.4, -0.2) is 76.1 Å². The van der Waals surface area contributed by atoms with Gasteiger partial charge >= 0.3 is 6.01 Å². The number of hydrogen-bond acceptors (Lipinski definition) is 6. The zero-order chi connectivity index (χ0) is 28.2. The number of aromatic nitrogens is 2. The van der Waals surface area contributed by atoms with Gasteiger partial charge in [-0.25, -0.2) is 0 Å². The van der Waals surface area contributed by atoms with Crippen LogP contribution in [0.2, 0.25) is 5.02 Å². The summed E-state index contributed by atoms with van der Waals surface area (Å²) in [4.78, 5) is 29.4. The summed E-state index contributed by atoms with van der Waals surface area (Å²) >= 11 is 7.11. The van der Waals surface area contributed by atoms with Crippen molar-refractivity contribution in [3.05, 3.63) is 59.1 Å². The number of likely N-dealkylation sites (tertiary alicyclic amines) is 1. The van der Waals surface area contributed by atoms with Crippen molar-refractivity contribution in [2.24, 2.45) is 5.92 Å². The Balaban J connectivity index is 1.12. The minimum Gasteiger partial charge on any atom is -0.461 e. The summed E-state index contributed by atoms with van der Waals surface area (Å²) in [7, 11) is 0. The molecule has 1 amide bonds. The van der Waals surface area contributed by atoms with Crippen LogP contribution < -0.4 is 9.64 Å². The number of benzene rings is 2. The average molecular weight is 582 g/mol. The summed E-state index contributed by atoms with van der Waals surface area (Å²) in [5.74, 6) is 2.35. The lowest BCUT2D eigenvalue weighted by Crippen LogP contribution is -2.63. The Morgan fingerprint density at radius 2 is 1.98 bits per heavy atom. The van der Waals surface area contributed by atoms with Crippen LogP contribution in [0.15, 0.2) is 43.0 Å². The Morgan fingerprint density at radius 3 is 2.81 bits per heavy atom. The number of nitrogens with zero attached hydrogens (tertiary/aromatic N) is 5. The predicted molar refractivity (Wildman–Crippen MR) is 164 cm³/mol. The molecule has 4 atom stereocenters. The Labute approximate surface area is 251 Å². The van der Waals surface area contributed by atoms with Crippen molar-refractivity contribution in [3.8, 4) is 17.1 Å². The zero-order valence-corrected chi connectivity index (χ0v) is 24.7. The topological polar surface area (TPSA) is 61.8 Å². The summed E-state index contributed by atoms with van der Waals surface area (Å²) in [5.41, 5.74) is 6.24. The lowest BCUT2D eigenvalue weighted by Gasteiger charge is -2.47. The largest absolute Gasteiger partial charge is 0.461 e. The lowest BCUT2D eigenvalue weighted by molar-refractivity contribution is -0.127. The summed E-state index contributed by atoms with van der Waals surface area (Å²) in [5, 5.41) is 1.68. The molecule has 8 heteroatoms. The van der Waals surface area contributed by atoms with Crippen molar-refractivity contribution >= 4 is 34.2 Å². The molecule has 0 bridgehead atoms. The molecule has 2 aliphatic carbocycles. The summed E-state index contributed by atoms with van der Waals surface area (Å²) in [6.07, 6.45) is 9.64. The quantitative estimate of drug-likeness (QED) is 0.354. The molecule has 3 aromatic rings. The van der Waals surface area contributed by atoms with Crippen LogP contribution in [0, 0.1) is 5.92 Å². The highest BCUT2D eigenvalue weighted by atomic mass is 35.5. The first-order chi connectivity index (χ1) is 20.5. The van der Waals surface area contributed by atoms with Crippen molar-refractivity contribution < 1.29 is 9.53 Å². The molecule has 5 fully saturated rings. The second-order valence-corrected chi connectivity index (χ2v) is 13.8. The third kappa shape index (κ3) is 3.65. The van der Waals surface area contributed by atoms with Crippen molar-refractivity contribution in [1.82, 2.24) is 19.8 Å². The Kier molecular flexibility index (Phi) is 5.53. The van der Waals surface area contributed by atoms with Crippen LogP contribution in [0.25, 0.3) is 22.0 Å². The van der Waals surface area contributed by atoms with Crippen LogP contribution in [0.5, 0.6) is 6.01 Å². The second kappa shape index (κ2) is 9.17. The van der Waals surface area contributed by atoms with Gasteiger partial charge in [0.1, 0.15) is 12.4 Å². The Hall–Kier alpha value is -3.16. The number of anilines is 1. The summed E-state index contributed by atoms with van der Waals surface area (Å²) in [6, 6.07) is 11.8. The highest BCUT2D eigenvalue weighted by Gasteiger charge is 2.50. The number of hydrogen-bond donors (Lipinski definition) is 0. The van der Waals surface area contributed by atoms with E-state index in [1.54, 1.807) is 0 Å². The number of halogens is 1. The number of fused-ring (bicyclic) bond motifs is 6. The molecule has 4 aliphatic heterocycles. The van der Waals surface area contributed by atoms with Crippen LogP contribution >= 0.6 is 11.6 Å². The number of rotatable bonds is 6. The molecule has 1 saturated carbocycles. The molecule has 1 aromatic heterocycles. The average Bonchev–Trinajstić information content (AvgIpc) is 3.28. The predicted octanol–water partition coefficient (Wildman–Crippen LogP) is 5.59. The van der Waals surface area contributed by atoms with E-state index in [0.717, 1.165) is 65.8 Å². The maximum absolute atomic E-state index is 12.5. The number of carbonyl (C=O) groups is 1. The molecule has 216 valence electrons. The molecule has 42 heavy (non-hydrogen) atoms. The molecule has 5 heterocycles. The first kappa shape index (κ1) is 25.3. The lowest BCUT2D eigenvalue weighted by atomic mass is 9.93. The van der Waals surface area contributed by atoms with Gasteiger partial charge in [0, 0.05) is 29.1 Å². The third-order valence-corrected chi connectivity index (χ3v) is 11.6. The summed E-state index contributed by atoms with van der Waals surface area (Å²) < 4.78 is 6.52. The summed E-state index contributed by atoms with van der Waals surface area (Å²) in [6.45, 7) is 8.14. The maximum Gasteiger partial charge on any atom is 0.319 e. The number of ether oxygens (including phenoxy) is 1. The van der Waals surface area contributed by atoms with E-state index in [1.807, 2.05) is 4.90 Å². The minimum absolute atomic E-state index is 0.0108. The van der Waals surface area contributed by atoms with Crippen molar-refractivity contribution in [2.45, 2.75) is 68.5 Å². The van der Waals surface area contributed by atoms with Crippen molar-refractivity contribution in [3.63, 3.8) is 0 Å². The van der Waals surface area contributed by atoms with Gasteiger partial charge in [-0.1, -0.05) is 36.4 Å². The fourth-order valence-electron chi connectivity index (χ4n) is 9.09. The SMILES string of the molecule is C=CC(=O)N1CC[C@@H]2[C@H]1CN2c1nc(OCC23CCCN2CCC3)nc2cc(-c3cccc4c3C3CC3C4)c(Cl)cc12. The van der Waals surface area contributed by atoms with Gasteiger partial charge in [0.15, 0.2) is 0 Å². The molecule has 9 rings (SSSR count). The molecule has 6 aliphatic rings. The molecule has 2 unspecified atom stereocenters. The van der Waals surface area contributed by atoms with Gasteiger partial charge in [-0.3, -0.25) is 9.69 Å². The maximum atomic E-state index is 12.5. The van der Waals surface area contributed by atoms with E-state index in [-0.39, 0.29) is 23.5 Å². The van der Waals surface area contributed by atoms with E-state index in [2.05, 4.69) is 46.7 Å². The molecule has 7 nitrogen and oxygen atoms in total. The molecule has 0 N–H and O–H groups in total. The second-order valence-electron chi connectivity index (χ2n) is 13.4. The normalized spacial score (nSPS) is 28.3. The van der Waals surface area contributed by atoms with Crippen LogP contribution in [0.4, 0.5) is 5.82 Å². The van der Waals surface area contributed by atoms with Gasteiger partial charge in [0.2, 0.25) is 5.91 Å². The molecule has 0 radical (unpaired) electrons. The van der Waals surface area contributed by atoms with Gasteiger partial charge in [0.05, 0.1) is 23.1 Å². The zero-order valence-electron chi connectivity index (χ0n) is 23.9. The standard InChI is InChI=1S/C34H36ClN5O2/c1-2-30(41)39-13-8-28-29(39)18-40(28)32-25-16-26(35)24(22-7-3-6-20-14-21-15-23(21)31(20)22)17-27(25)36-33(37-32)42-19-34-9-4-11-38(34)12-5-10-34/h2-3,6-7,16-17,21,23,28-29H,1,4-5,8-15,18-19H2/t21?,23?,28-,29-/m1/s1. The van der Waals surface area contributed by atoms with E-state index < -0.39 is 0 Å². The van der Waals surface area contributed by atoms with Gasteiger partial charge in [0.25, 0.3) is 0 Å². The van der Waals surface area contributed by atoms with E-state index in [0.29, 0.717) is 18.5 Å². The van der Waals surface area contributed by atoms with Crippen molar-refractivity contribution in [1.29, 1.82) is 0 Å². The van der Waals surface area contributed by atoms with Crippen molar-refractivity contribution in [2.75, 3.05) is 37.7 Å². The fourth-order valence-corrected chi connectivity index (χ4v) is 9.35. The van der Waals surface area contributed by atoms with Gasteiger partial charge in [-0.05, 0) is 105 Å². The van der Waals surface area contributed by atoms with E-state index in [1.165, 1.54) is 61.3 Å². The van der Waals surface area contributed by atoms with Gasteiger partial charge in [-0.2, -0.15) is 9.97 Å². The third-order valence-electron chi connectivity index (χ3n) is 11.3. The fraction of sp³-hybridized carbons (Fsp3) is 0.500.